The smallest absolute Gasteiger partial charge is 0.270 e. The molecule has 0 saturated carbocycles. The summed E-state index contributed by atoms with van der Waals surface area (Å²) in [6, 6.07) is 15.4. The highest BCUT2D eigenvalue weighted by atomic mass is 16.6. The van der Waals surface area contributed by atoms with E-state index >= 15 is 0 Å². The van der Waals surface area contributed by atoms with E-state index in [9.17, 15) is 14.9 Å². The maximum absolute atomic E-state index is 12.5. The van der Waals surface area contributed by atoms with Crippen LogP contribution in [0.25, 0.3) is 11.4 Å². The highest BCUT2D eigenvalue weighted by molar-refractivity contribution is 5.76. The molecule has 0 spiro atoms. The van der Waals surface area contributed by atoms with Crippen LogP contribution in [-0.4, -0.2) is 21.0 Å². The summed E-state index contributed by atoms with van der Waals surface area (Å²) in [6.07, 6.45) is 1.80. The van der Waals surface area contributed by atoms with Crippen LogP contribution in [0.3, 0.4) is 0 Å². The van der Waals surface area contributed by atoms with Gasteiger partial charge in [-0.3, -0.25) is 14.9 Å². The molecule has 1 N–H and O–H groups in total. The maximum atomic E-state index is 12.5. The van der Waals surface area contributed by atoms with E-state index in [0.29, 0.717) is 24.3 Å². The molecule has 8 heteroatoms. The zero-order chi connectivity index (χ0) is 21.5. The van der Waals surface area contributed by atoms with Crippen molar-refractivity contribution in [3.63, 3.8) is 0 Å². The Labute approximate surface area is 174 Å². The minimum absolute atomic E-state index is 0.0495. The standard InChI is InChI=1S/C22H24N4O4/c1-3-15(2)20(23-19(27)13-12-16-8-5-4-6-9-16)22-24-21(25-30-22)17-10-7-11-18(14-17)26(28)29/h4-11,14-15,20H,3,12-13H2,1-2H3,(H,23,27)/t15-,20+/m0/s1. The van der Waals surface area contributed by atoms with Gasteiger partial charge in [0.25, 0.3) is 5.69 Å². The summed E-state index contributed by atoms with van der Waals surface area (Å²) in [6.45, 7) is 4.02. The van der Waals surface area contributed by atoms with Crippen molar-refractivity contribution < 1.29 is 14.2 Å². The van der Waals surface area contributed by atoms with E-state index in [4.69, 9.17) is 4.52 Å². The van der Waals surface area contributed by atoms with E-state index in [1.54, 1.807) is 12.1 Å². The van der Waals surface area contributed by atoms with Crippen molar-refractivity contribution in [1.82, 2.24) is 15.5 Å². The summed E-state index contributed by atoms with van der Waals surface area (Å²) in [7, 11) is 0. The molecule has 2 aromatic carbocycles. The second-order valence-electron chi connectivity index (χ2n) is 7.18. The summed E-state index contributed by atoms with van der Waals surface area (Å²) >= 11 is 0. The lowest BCUT2D eigenvalue weighted by Gasteiger charge is -2.20. The van der Waals surface area contributed by atoms with Crippen molar-refractivity contribution in [3.05, 3.63) is 76.2 Å². The maximum Gasteiger partial charge on any atom is 0.270 e. The number of carbonyl (C=O) groups excluding carboxylic acids is 1. The molecule has 0 aliphatic heterocycles. The highest BCUT2D eigenvalue weighted by Gasteiger charge is 2.26. The molecule has 3 aromatic rings. The molecule has 8 nitrogen and oxygen atoms in total. The Morgan fingerprint density at radius 2 is 1.97 bits per heavy atom. The fourth-order valence-corrected chi connectivity index (χ4v) is 3.07. The van der Waals surface area contributed by atoms with Gasteiger partial charge in [-0.15, -0.1) is 0 Å². The Bertz CT molecular complexity index is 1000. The Kier molecular flexibility index (Phi) is 6.90. The molecule has 0 saturated heterocycles. The minimum atomic E-state index is -0.473. The van der Waals surface area contributed by atoms with Crippen molar-refractivity contribution in [1.29, 1.82) is 0 Å². The fourth-order valence-electron chi connectivity index (χ4n) is 3.07. The predicted molar refractivity (Wildman–Crippen MR) is 111 cm³/mol. The van der Waals surface area contributed by atoms with Crippen LogP contribution in [0.15, 0.2) is 59.1 Å². The molecule has 0 aliphatic carbocycles. The molecular weight excluding hydrogens is 384 g/mol. The topological polar surface area (TPSA) is 111 Å². The van der Waals surface area contributed by atoms with E-state index in [0.717, 1.165) is 12.0 Å². The first kappa shape index (κ1) is 21.2. The van der Waals surface area contributed by atoms with Crippen LogP contribution in [0.1, 0.15) is 44.2 Å². The van der Waals surface area contributed by atoms with E-state index in [1.807, 2.05) is 44.2 Å². The SMILES string of the molecule is CC[C@H](C)[C@@H](NC(=O)CCc1ccccc1)c1nc(-c2cccc([N+](=O)[O-])c2)no1. The number of nitrogens with zero attached hydrogens (tertiary/aromatic N) is 3. The van der Waals surface area contributed by atoms with Crippen LogP contribution in [0.2, 0.25) is 0 Å². The number of amides is 1. The molecular formula is C22H24N4O4. The average molecular weight is 408 g/mol. The van der Waals surface area contributed by atoms with Gasteiger partial charge < -0.3 is 9.84 Å². The summed E-state index contributed by atoms with van der Waals surface area (Å²) in [5, 5.41) is 18.0. The van der Waals surface area contributed by atoms with Gasteiger partial charge in [0.1, 0.15) is 6.04 Å². The van der Waals surface area contributed by atoms with Crippen LogP contribution >= 0.6 is 0 Å². The van der Waals surface area contributed by atoms with E-state index in [2.05, 4.69) is 15.5 Å². The zero-order valence-corrected chi connectivity index (χ0v) is 16.9. The number of carbonyl (C=O) groups is 1. The number of nitro groups is 1. The molecule has 1 amide bonds. The molecule has 0 unspecified atom stereocenters. The minimum Gasteiger partial charge on any atom is -0.344 e. The van der Waals surface area contributed by atoms with Crippen LogP contribution in [-0.2, 0) is 11.2 Å². The normalized spacial score (nSPS) is 12.9. The average Bonchev–Trinajstić information content (AvgIpc) is 3.26. The molecule has 1 heterocycles. The van der Waals surface area contributed by atoms with Crippen molar-refractivity contribution in [2.75, 3.05) is 0 Å². The zero-order valence-electron chi connectivity index (χ0n) is 16.9. The van der Waals surface area contributed by atoms with Gasteiger partial charge in [0.15, 0.2) is 0 Å². The lowest BCUT2D eigenvalue weighted by Crippen LogP contribution is -2.32. The predicted octanol–water partition coefficient (Wildman–Crippen LogP) is 4.48. The quantitative estimate of drug-likeness (QED) is 0.413. The van der Waals surface area contributed by atoms with Gasteiger partial charge in [-0.05, 0) is 17.9 Å². The summed E-state index contributed by atoms with van der Waals surface area (Å²) in [5.74, 6) is 0.516. The Morgan fingerprint density at radius 1 is 1.20 bits per heavy atom. The Morgan fingerprint density at radius 3 is 2.67 bits per heavy atom. The first-order valence-electron chi connectivity index (χ1n) is 9.89. The van der Waals surface area contributed by atoms with E-state index < -0.39 is 11.0 Å². The molecule has 0 bridgehead atoms. The first-order valence-corrected chi connectivity index (χ1v) is 9.89. The van der Waals surface area contributed by atoms with Crippen molar-refractivity contribution >= 4 is 11.6 Å². The van der Waals surface area contributed by atoms with Crippen LogP contribution in [0, 0.1) is 16.0 Å². The lowest BCUT2D eigenvalue weighted by atomic mass is 9.98. The Hall–Kier alpha value is -3.55. The third-order valence-electron chi connectivity index (χ3n) is 5.04. The Balaban J connectivity index is 1.73. The molecule has 30 heavy (non-hydrogen) atoms. The highest BCUT2D eigenvalue weighted by Crippen LogP contribution is 2.27. The number of non-ortho nitro benzene ring substituents is 1. The number of nitrogens with one attached hydrogen (secondary N) is 1. The van der Waals surface area contributed by atoms with Gasteiger partial charge >= 0.3 is 0 Å². The van der Waals surface area contributed by atoms with Gasteiger partial charge in [0.2, 0.25) is 17.6 Å². The first-order chi connectivity index (χ1) is 14.5. The number of nitro benzene ring substituents is 1. The van der Waals surface area contributed by atoms with Crippen molar-refractivity contribution in [2.24, 2.45) is 5.92 Å². The number of rotatable bonds is 9. The van der Waals surface area contributed by atoms with Gasteiger partial charge in [-0.25, -0.2) is 0 Å². The molecule has 156 valence electrons. The monoisotopic (exact) mass is 408 g/mol. The lowest BCUT2D eigenvalue weighted by molar-refractivity contribution is -0.384. The molecule has 2 atom stereocenters. The largest absolute Gasteiger partial charge is 0.344 e. The van der Waals surface area contributed by atoms with Crippen LogP contribution < -0.4 is 5.32 Å². The second kappa shape index (κ2) is 9.78. The third-order valence-corrected chi connectivity index (χ3v) is 5.04. The van der Waals surface area contributed by atoms with Crippen molar-refractivity contribution in [2.45, 2.75) is 39.2 Å². The van der Waals surface area contributed by atoms with Gasteiger partial charge in [-0.1, -0.05) is 67.9 Å². The molecule has 3 rings (SSSR count). The van der Waals surface area contributed by atoms with Gasteiger partial charge in [-0.2, -0.15) is 4.98 Å². The number of hydrogen-bond acceptors (Lipinski definition) is 6. The molecule has 1 aromatic heterocycles. The van der Waals surface area contributed by atoms with Gasteiger partial charge in [0.05, 0.1) is 4.92 Å². The summed E-state index contributed by atoms with van der Waals surface area (Å²) in [4.78, 5) is 27.5. The third kappa shape index (κ3) is 5.28. The van der Waals surface area contributed by atoms with E-state index in [1.165, 1.54) is 12.1 Å². The molecule has 0 aliphatic rings. The second-order valence-corrected chi connectivity index (χ2v) is 7.18. The number of benzene rings is 2. The van der Waals surface area contributed by atoms with Crippen LogP contribution in [0.5, 0.6) is 0 Å². The summed E-state index contributed by atoms with van der Waals surface area (Å²) < 4.78 is 5.42. The van der Waals surface area contributed by atoms with Crippen molar-refractivity contribution in [3.8, 4) is 11.4 Å². The summed E-state index contributed by atoms with van der Waals surface area (Å²) in [5.41, 5.74) is 1.53. The molecule has 0 radical (unpaired) electrons. The van der Waals surface area contributed by atoms with Gasteiger partial charge in [0, 0.05) is 24.1 Å². The van der Waals surface area contributed by atoms with E-state index in [-0.39, 0.29) is 23.3 Å². The number of hydrogen-bond donors (Lipinski definition) is 1. The number of aryl methyl sites for hydroxylation is 1. The van der Waals surface area contributed by atoms with Crippen LogP contribution in [0.4, 0.5) is 5.69 Å². The molecule has 0 fully saturated rings. The fraction of sp³-hybridized carbons (Fsp3) is 0.318. The number of aromatic nitrogens is 2.